The van der Waals surface area contributed by atoms with Gasteiger partial charge in [-0.05, 0) is 62.1 Å². The molecule has 0 saturated heterocycles. The summed E-state index contributed by atoms with van der Waals surface area (Å²) in [5.74, 6) is 1.78. The van der Waals surface area contributed by atoms with Crippen molar-refractivity contribution in [2.45, 2.75) is 38.9 Å². The van der Waals surface area contributed by atoms with E-state index in [4.69, 9.17) is 24.0 Å². The highest BCUT2D eigenvalue weighted by molar-refractivity contribution is 6.51. The van der Waals surface area contributed by atoms with Crippen LogP contribution in [0.4, 0.5) is 0 Å². The summed E-state index contributed by atoms with van der Waals surface area (Å²) in [7, 11) is 0.379. The van der Waals surface area contributed by atoms with E-state index in [0.29, 0.717) is 25.0 Å². The molecule has 1 N–H and O–H groups in total. The zero-order chi connectivity index (χ0) is 30.5. The van der Waals surface area contributed by atoms with E-state index in [9.17, 15) is 5.11 Å². The van der Waals surface area contributed by atoms with Gasteiger partial charge >= 0.3 is 7.48 Å². The molecule has 6 nitrogen and oxygen atoms in total. The number of hydrogen-bond acceptors (Lipinski definition) is 6. The topological polar surface area (TPSA) is 81.3 Å². The molecule has 5 aromatic carbocycles. The minimum Gasteiger partial charge on any atom is -0.456 e. The van der Waals surface area contributed by atoms with Gasteiger partial charge in [0.1, 0.15) is 11.2 Å². The van der Waals surface area contributed by atoms with Crippen LogP contribution in [0.15, 0.2) is 114 Å². The van der Waals surface area contributed by atoms with Crippen molar-refractivity contribution in [1.29, 1.82) is 0 Å². The van der Waals surface area contributed by atoms with Crippen molar-refractivity contribution in [2.24, 2.45) is 0 Å². The number of fused-ring (bicyclic) bond motifs is 4. The van der Waals surface area contributed by atoms with Crippen molar-refractivity contribution in [3.05, 3.63) is 109 Å². The van der Waals surface area contributed by atoms with Crippen LogP contribution in [-0.4, -0.2) is 38.7 Å². The van der Waals surface area contributed by atoms with Crippen LogP contribution in [-0.2, 0) is 4.65 Å². The van der Waals surface area contributed by atoms with Crippen molar-refractivity contribution in [1.82, 2.24) is 15.0 Å². The third-order valence-corrected chi connectivity index (χ3v) is 8.60. The number of para-hydroxylation sites is 1. The average Bonchev–Trinajstić information content (AvgIpc) is 3.42. The number of hydrogen-bond donors (Lipinski definition) is 1. The maximum Gasteiger partial charge on any atom is 0.310 e. The van der Waals surface area contributed by atoms with E-state index in [0.717, 1.165) is 54.9 Å². The summed E-state index contributed by atoms with van der Waals surface area (Å²) in [5.41, 5.74) is 3.66. The maximum atomic E-state index is 10.6. The monoisotopic (exact) mass is 577 g/mol. The van der Waals surface area contributed by atoms with Gasteiger partial charge in [0.05, 0.1) is 11.2 Å². The Morgan fingerprint density at radius 3 is 2.11 bits per heavy atom. The number of aromatic nitrogens is 3. The summed E-state index contributed by atoms with van der Waals surface area (Å²) in [6.45, 7) is 7.35. The second-order valence-corrected chi connectivity index (χ2v) is 12.2. The average molecular weight is 577 g/mol. The van der Waals surface area contributed by atoms with Crippen molar-refractivity contribution in [2.75, 3.05) is 0 Å². The third-order valence-electron chi connectivity index (χ3n) is 8.60. The first-order valence-corrected chi connectivity index (χ1v) is 14.8. The van der Waals surface area contributed by atoms with Gasteiger partial charge in [0.25, 0.3) is 0 Å². The molecule has 0 bridgehead atoms. The van der Waals surface area contributed by atoms with E-state index >= 15 is 0 Å². The maximum absolute atomic E-state index is 10.6. The largest absolute Gasteiger partial charge is 0.456 e. The fourth-order valence-corrected chi connectivity index (χ4v) is 5.35. The van der Waals surface area contributed by atoms with Crippen LogP contribution in [0.1, 0.15) is 27.7 Å². The molecule has 44 heavy (non-hydrogen) atoms. The molecule has 7 heteroatoms. The zero-order valence-corrected chi connectivity index (χ0v) is 25.2. The number of benzene rings is 5. The summed E-state index contributed by atoms with van der Waals surface area (Å²) in [5, 5.41) is 14.7. The van der Waals surface area contributed by atoms with Gasteiger partial charge in [-0.2, -0.15) is 0 Å². The van der Waals surface area contributed by atoms with Gasteiger partial charge in [0.15, 0.2) is 17.5 Å². The van der Waals surface area contributed by atoms with Crippen molar-refractivity contribution in [3.8, 4) is 34.2 Å². The van der Waals surface area contributed by atoms with Gasteiger partial charge in [-0.1, -0.05) is 91.0 Å². The van der Waals surface area contributed by atoms with E-state index < -0.39 is 11.2 Å². The highest BCUT2D eigenvalue weighted by Crippen LogP contribution is 2.36. The molecule has 7 aromatic rings. The Kier molecular flexibility index (Phi) is 6.80. The highest BCUT2D eigenvalue weighted by Gasteiger charge is 2.35. The number of aliphatic hydroxyl groups is 1. The zero-order valence-electron chi connectivity index (χ0n) is 25.2. The molecule has 0 spiro atoms. The summed E-state index contributed by atoms with van der Waals surface area (Å²) in [6, 6.07) is 36.5. The Hall–Kier alpha value is -4.85. The molecule has 0 unspecified atom stereocenters. The minimum absolute atomic E-state index is 0.379. The molecule has 2 aromatic heterocycles. The first-order valence-electron chi connectivity index (χ1n) is 14.8. The Balaban J connectivity index is 1.36. The molecular formula is C37H32BN3O3. The van der Waals surface area contributed by atoms with Gasteiger partial charge in [-0.15, -0.1) is 0 Å². The smallest absolute Gasteiger partial charge is 0.310 e. The summed E-state index contributed by atoms with van der Waals surface area (Å²) < 4.78 is 12.4. The molecule has 216 valence electrons. The van der Waals surface area contributed by atoms with Crippen molar-refractivity contribution < 1.29 is 14.2 Å². The lowest BCUT2D eigenvalue weighted by atomic mass is 9.80. The molecule has 2 heterocycles. The van der Waals surface area contributed by atoms with Gasteiger partial charge < -0.3 is 14.2 Å². The van der Waals surface area contributed by atoms with Crippen LogP contribution in [0, 0.1) is 0 Å². The van der Waals surface area contributed by atoms with Crippen LogP contribution in [0.2, 0.25) is 0 Å². The van der Waals surface area contributed by atoms with Crippen LogP contribution in [0.3, 0.4) is 0 Å². The van der Waals surface area contributed by atoms with Gasteiger partial charge in [-0.25, -0.2) is 15.0 Å². The normalized spacial score (nSPS) is 12.3. The number of nitrogens with zero attached hydrogens (tertiary/aromatic N) is 3. The fraction of sp³-hybridized carbons (Fsp3) is 0.162. The summed E-state index contributed by atoms with van der Waals surface area (Å²) in [4.78, 5) is 15.0. The minimum atomic E-state index is -0.981. The molecule has 7 rings (SSSR count). The van der Waals surface area contributed by atoms with Gasteiger partial charge in [0.2, 0.25) is 0 Å². The molecule has 0 fully saturated rings. The molecular weight excluding hydrogens is 545 g/mol. The van der Waals surface area contributed by atoms with Crippen LogP contribution >= 0.6 is 0 Å². The molecule has 0 aliphatic carbocycles. The summed E-state index contributed by atoms with van der Waals surface area (Å²) in [6.07, 6.45) is 0. The fourth-order valence-electron chi connectivity index (χ4n) is 5.35. The lowest BCUT2D eigenvalue weighted by Gasteiger charge is -2.37. The first kappa shape index (κ1) is 28.0. The van der Waals surface area contributed by atoms with Crippen LogP contribution < -0.4 is 5.46 Å². The van der Waals surface area contributed by atoms with E-state index in [1.807, 2.05) is 86.6 Å². The quantitative estimate of drug-likeness (QED) is 0.198. The van der Waals surface area contributed by atoms with Gasteiger partial charge in [0, 0.05) is 27.5 Å². The lowest BCUT2D eigenvalue weighted by Crippen LogP contribution is -2.49. The Morgan fingerprint density at radius 1 is 0.636 bits per heavy atom. The van der Waals surface area contributed by atoms with E-state index in [-0.39, 0.29) is 0 Å². The molecule has 0 radical (unpaired) electrons. The molecule has 0 saturated carbocycles. The number of furan rings is 1. The van der Waals surface area contributed by atoms with E-state index in [1.165, 1.54) is 0 Å². The Morgan fingerprint density at radius 2 is 1.32 bits per heavy atom. The molecule has 0 aliphatic rings. The Labute approximate surface area is 256 Å². The third kappa shape index (κ3) is 5.04. The predicted molar refractivity (Wildman–Crippen MR) is 179 cm³/mol. The van der Waals surface area contributed by atoms with Gasteiger partial charge in [-0.3, -0.25) is 0 Å². The SMILES string of the molecule is CC(C)(O)C(C)(C)OBc1cccc2cc(-c3nc(-c4ccccc4)nc(-c4cccc5oc6ccccc6c45)n3)ccc12. The second kappa shape index (κ2) is 10.7. The standard InChI is InChI=1S/C37H32BN3O3/c1-36(2,42)37(3,4)44-38-29-17-10-14-24-22-25(20-21-26(24)29)34-39-33(23-12-6-5-7-13-23)40-35(41-34)28-16-11-19-31-32(28)27-15-8-9-18-30(27)43-31/h5-22,38,42H,1-4H3. The molecule has 0 aliphatic heterocycles. The molecule has 0 amide bonds. The van der Waals surface area contributed by atoms with E-state index in [2.05, 4.69) is 36.4 Å². The first-order chi connectivity index (χ1) is 21.2. The van der Waals surface area contributed by atoms with Crippen molar-refractivity contribution >= 4 is 45.7 Å². The van der Waals surface area contributed by atoms with E-state index in [1.54, 1.807) is 13.8 Å². The lowest BCUT2D eigenvalue weighted by molar-refractivity contribution is -0.0893. The second-order valence-electron chi connectivity index (χ2n) is 12.2. The highest BCUT2D eigenvalue weighted by atomic mass is 16.5. The molecule has 0 atom stereocenters. The number of rotatable bonds is 7. The van der Waals surface area contributed by atoms with Crippen LogP contribution in [0.25, 0.3) is 66.9 Å². The Bertz CT molecular complexity index is 2150. The predicted octanol–water partition coefficient (Wildman–Crippen LogP) is 7.47. The van der Waals surface area contributed by atoms with Crippen molar-refractivity contribution in [3.63, 3.8) is 0 Å². The summed E-state index contributed by atoms with van der Waals surface area (Å²) >= 11 is 0. The van der Waals surface area contributed by atoms with Crippen LogP contribution in [0.5, 0.6) is 0 Å².